The normalized spacial score (nSPS) is 21.1. The molecule has 2 aromatic rings. The van der Waals surface area contributed by atoms with E-state index >= 15 is 0 Å². The predicted molar refractivity (Wildman–Crippen MR) is 118 cm³/mol. The van der Waals surface area contributed by atoms with Crippen molar-refractivity contribution in [3.8, 4) is 16.9 Å². The highest BCUT2D eigenvalue weighted by atomic mass is 32.2. The Kier molecular flexibility index (Phi) is 5.71. The maximum absolute atomic E-state index is 11.7. The number of aryl methyl sites for hydroxylation is 2. The van der Waals surface area contributed by atoms with Crippen molar-refractivity contribution in [1.82, 2.24) is 5.32 Å². The number of rotatable bonds is 5. The van der Waals surface area contributed by atoms with Gasteiger partial charge in [-0.2, -0.15) is 0 Å². The van der Waals surface area contributed by atoms with Gasteiger partial charge in [0.2, 0.25) is 0 Å². The Labute approximate surface area is 174 Å². The van der Waals surface area contributed by atoms with Gasteiger partial charge in [0.1, 0.15) is 11.9 Å². The fraction of sp³-hybridized carbons (Fsp3) is 0.500. The minimum Gasteiger partial charge on any atom is -0.490 e. The zero-order chi connectivity index (χ0) is 20.6. The van der Waals surface area contributed by atoms with Crippen LogP contribution in [0.1, 0.15) is 54.5 Å². The van der Waals surface area contributed by atoms with Crippen molar-refractivity contribution in [2.75, 3.05) is 18.1 Å². The van der Waals surface area contributed by atoms with Crippen molar-refractivity contribution < 1.29 is 13.2 Å². The average molecular weight is 414 g/mol. The molecule has 1 saturated heterocycles. The molecule has 0 unspecified atom stereocenters. The predicted octanol–water partition coefficient (Wildman–Crippen LogP) is 4.52. The third-order valence-electron chi connectivity index (χ3n) is 6.30. The smallest absolute Gasteiger partial charge is 0.150 e. The van der Waals surface area contributed by atoms with E-state index in [4.69, 9.17) is 4.74 Å². The lowest BCUT2D eigenvalue weighted by atomic mass is 9.90. The molecular formula is C24H31NO3S. The fourth-order valence-corrected chi connectivity index (χ4v) is 6.39. The molecule has 2 aliphatic rings. The van der Waals surface area contributed by atoms with Gasteiger partial charge in [-0.1, -0.05) is 25.1 Å². The molecule has 0 radical (unpaired) electrons. The van der Waals surface area contributed by atoms with E-state index in [1.165, 1.54) is 33.4 Å². The van der Waals surface area contributed by atoms with E-state index in [1.807, 2.05) is 0 Å². The Morgan fingerprint density at radius 2 is 1.76 bits per heavy atom. The minimum absolute atomic E-state index is 0.00924. The molecule has 1 atom stereocenters. The van der Waals surface area contributed by atoms with E-state index < -0.39 is 9.84 Å². The van der Waals surface area contributed by atoms with Gasteiger partial charge in [0.15, 0.2) is 9.84 Å². The maximum Gasteiger partial charge on any atom is 0.150 e. The second kappa shape index (κ2) is 8.11. The lowest BCUT2D eigenvalue weighted by Gasteiger charge is -2.24. The van der Waals surface area contributed by atoms with Gasteiger partial charge in [-0.25, -0.2) is 8.42 Å². The maximum atomic E-state index is 11.7. The van der Waals surface area contributed by atoms with Gasteiger partial charge >= 0.3 is 0 Å². The van der Waals surface area contributed by atoms with E-state index in [1.54, 1.807) is 0 Å². The van der Waals surface area contributed by atoms with Crippen LogP contribution in [0, 0.1) is 13.8 Å². The van der Waals surface area contributed by atoms with E-state index in [2.05, 4.69) is 56.4 Å². The molecule has 0 spiro atoms. The van der Waals surface area contributed by atoms with Crippen LogP contribution in [-0.4, -0.2) is 32.6 Å². The molecule has 0 aromatic heterocycles. The molecule has 29 heavy (non-hydrogen) atoms. The highest BCUT2D eigenvalue weighted by molar-refractivity contribution is 7.91. The monoisotopic (exact) mass is 413 g/mol. The SMILES string of the molecule is CCN[C@@H]1CCc2c(-c3c(C)cc(OC4CCS(=O)(=O)CC4)cc3C)cccc21. The lowest BCUT2D eigenvalue weighted by Crippen LogP contribution is -2.30. The van der Waals surface area contributed by atoms with Crippen molar-refractivity contribution in [3.63, 3.8) is 0 Å². The lowest BCUT2D eigenvalue weighted by molar-refractivity contribution is 0.189. The first kappa shape index (κ1) is 20.4. The number of nitrogens with one attached hydrogen (secondary N) is 1. The zero-order valence-corrected chi connectivity index (χ0v) is 18.4. The number of sulfone groups is 1. The second-order valence-corrected chi connectivity index (χ2v) is 10.7. The number of hydrogen-bond donors (Lipinski definition) is 1. The standard InChI is InChI=1S/C24H31NO3S/c1-4-25-23-9-8-20-21(23)6-5-7-22(20)24-16(2)14-19(15-17(24)3)28-18-10-12-29(26,27)13-11-18/h5-7,14-15,18,23,25H,4,8-13H2,1-3H3/t23-/m1/s1. The fourth-order valence-electron chi connectivity index (χ4n) is 4.94. The summed E-state index contributed by atoms with van der Waals surface area (Å²) in [6.45, 7) is 7.45. The third kappa shape index (κ3) is 4.22. The summed E-state index contributed by atoms with van der Waals surface area (Å²) in [5.41, 5.74) is 7.97. The first-order valence-electron chi connectivity index (χ1n) is 10.7. The van der Waals surface area contributed by atoms with Gasteiger partial charge in [0.05, 0.1) is 11.5 Å². The van der Waals surface area contributed by atoms with Crippen LogP contribution in [-0.2, 0) is 16.3 Å². The Morgan fingerprint density at radius 1 is 1.07 bits per heavy atom. The summed E-state index contributed by atoms with van der Waals surface area (Å²) in [6, 6.07) is 11.4. The topological polar surface area (TPSA) is 55.4 Å². The van der Waals surface area contributed by atoms with Gasteiger partial charge in [-0.05, 0) is 91.6 Å². The van der Waals surface area contributed by atoms with Crippen LogP contribution < -0.4 is 10.1 Å². The van der Waals surface area contributed by atoms with Crippen LogP contribution in [0.15, 0.2) is 30.3 Å². The van der Waals surface area contributed by atoms with Crippen molar-refractivity contribution in [2.24, 2.45) is 0 Å². The molecule has 1 aliphatic carbocycles. The highest BCUT2D eigenvalue weighted by Crippen LogP contribution is 2.41. The molecule has 5 heteroatoms. The van der Waals surface area contributed by atoms with Crippen LogP contribution in [0.25, 0.3) is 11.1 Å². The van der Waals surface area contributed by atoms with Crippen molar-refractivity contribution in [2.45, 2.75) is 58.6 Å². The Balaban J connectivity index is 1.61. The minimum atomic E-state index is -2.87. The average Bonchev–Trinajstić information content (AvgIpc) is 3.07. The Bertz CT molecular complexity index is 976. The molecule has 156 valence electrons. The molecule has 0 bridgehead atoms. The number of fused-ring (bicyclic) bond motifs is 1. The molecule has 1 heterocycles. The molecule has 1 fully saturated rings. The second-order valence-electron chi connectivity index (χ2n) is 8.42. The summed E-state index contributed by atoms with van der Waals surface area (Å²) in [6.07, 6.45) is 3.42. The zero-order valence-electron chi connectivity index (χ0n) is 17.6. The summed E-state index contributed by atoms with van der Waals surface area (Å²) < 4.78 is 29.5. The van der Waals surface area contributed by atoms with Crippen LogP contribution in [0.3, 0.4) is 0 Å². The van der Waals surface area contributed by atoms with E-state index in [0.29, 0.717) is 18.9 Å². The Morgan fingerprint density at radius 3 is 2.41 bits per heavy atom. The quantitative estimate of drug-likeness (QED) is 0.783. The number of ether oxygens (including phenoxy) is 1. The van der Waals surface area contributed by atoms with Crippen LogP contribution >= 0.6 is 0 Å². The van der Waals surface area contributed by atoms with Gasteiger partial charge in [0, 0.05) is 6.04 Å². The summed E-state index contributed by atoms with van der Waals surface area (Å²) in [5.74, 6) is 1.32. The molecule has 0 amide bonds. The summed E-state index contributed by atoms with van der Waals surface area (Å²) in [4.78, 5) is 0. The van der Waals surface area contributed by atoms with Gasteiger partial charge in [0.25, 0.3) is 0 Å². The highest BCUT2D eigenvalue weighted by Gasteiger charge is 2.27. The molecule has 2 aromatic carbocycles. The number of benzene rings is 2. The van der Waals surface area contributed by atoms with Gasteiger partial charge in [-0.3, -0.25) is 0 Å². The largest absolute Gasteiger partial charge is 0.490 e. The molecule has 4 nitrogen and oxygen atoms in total. The first-order valence-corrected chi connectivity index (χ1v) is 12.5. The van der Waals surface area contributed by atoms with E-state index in [-0.39, 0.29) is 17.6 Å². The van der Waals surface area contributed by atoms with Crippen LogP contribution in [0.5, 0.6) is 5.75 Å². The molecule has 1 N–H and O–H groups in total. The molecular weight excluding hydrogens is 382 g/mol. The molecule has 0 saturated carbocycles. The van der Waals surface area contributed by atoms with Crippen LogP contribution in [0.2, 0.25) is 0 Å². The van der Waals surface area contributed by atoms with Crippen LogP contribution in [0.4, 0.5) is 0 Å². The summed E-state index contributed by atoms with van der Waals surface area (Å²) in [7, 11) is -2.87. The van der Waals surface area contributed by atoms with Crippen molar-refractivity contribution >= 4 is 9.84 Å². The van der Waals surface area contributed by atoms with Gasteiger partial charge < -0.3 is 10.1 Å². The molecule has 4 rings (SSSR count). The first-order chi connectivity index (χ1) is 13.9. The molecule has 1 aliphatic heterocycles. The van der Waals surface area contributed by atoms with E-state index in [0.717, 1.165) is 25.1 Å². The summed E-state index contributed by atoms with van der Waals surface area (Å²) in [5, 5.41) is 3.61. The Hall–Kier alpha value is -1.85. The van der Waals surface area contributed by atoms with E-state index in [9.17, 15) is 8.42 Å². The number of hydrogen-bond acceptors (Lipinski definition) is 4. The van der Waals surface area contributed by atoms with Crippen molar-refractivity contribution in [3.05, 3.63) is 52.6 Å². The third-order valence-corrected chi connectivity index (χ3v) is 8.02. The van der Waals surface area contributed by atoms with Gasteiger partial charge in [-0.15, -0.1) is 0 Å². The van der Waals surface area contributed by atoms with Crippen molar-refractivity contribution in [1.29, 1.82) is 0 Å². The summed E-state index contributed by atoms with van der Waals surface area (Å²) >= 11 is 0.